The average molecular weight is 570 g/mol. The monoisotopic (exact) mass is 569 g/mol. The van der Waals surface area contributed by atoms with E-state index in [2.05, 4.69) is 18.2 Å². The molecule has 2 aliphatic carbocycles. The zero-order valence-electron chi connectivity index (χ0n) is 24.2. The lowest BCUT2D eigenvalue weighted by molar-refractivity contribution is -0.0134. The van der Waals surface area contributed by atoms with Crippen LogP contribution in [0.4, 0.5) is 4.79 Å². The molecule has 0 radical (unpaired) electrons. The Morgan fingerprint density at radius 1 is 0.814 bits per heavy atom. The van der Waals surface area contributed by atoms with Gasteiger partial charge in [0.05, 0.1) is 16.6 Å². The molecule has 2 bridgehead atoms. The molecule has 43 heavy (non-hydrogen) atoms. The van der Waals surface area contributed by atoms with Crippen molar-refractivity contribution in [2.24, 2.45) is 5.92 Å². The largest absolute Gasteiger partial charge is 0.487 e. The molecule has 3 aliphatic rings. The van der Waals surface area contributed by atoms with Gasteiger partial charge in [-0.05, 0) is 72.1 Å². The molecule has 0 N–H and O–H groups in total. The fraction of sp³-hybridized carbons (Fsp3) is 0.324. The van der Waals surface area contributed by atoms with Gasteiger partial charge in [-0.1, -0.05) is 85.6 Å². The van der Waals surface area contributed by atoms with Gasteiger partial charge in [0.25, 0.3) is 0 Å². The first-order valence-corrected chi connectivity index (χ1v) is 15.6. The molecule has 4 aromatic carbocycles. The molecule has 1 aromatic heterocycles. The van der Waals surface area contributed by atoms with Crippen molar-refractivity contribution in [2.75, 3.05) is 6.54 Å². The van der Waals surface area contributed by atoms with Crippen molar-refractivity contribution >= 4 is 28.2 Å². The third kappa shape index (κ3) is 4.51. The van der Waals surface area contributed by atoms with Crippen LogP contribution in [-0.4, -0.2) is 33.5 Å². The van der Waals surface area contributed by atoms with Crippen molar-refractivity contribution in [3.05, 3.63) is 113 Å². The summed E-state index contributed by atoms with van der Waals surface area (Å²) < 4.78 is 12.5. The fourth-order valence-corrected chi connectivity index (χ4v) is 8.09. The molecule has 2 fully saturated rings. The minimum atomic E-state index is -0.208. The van der Waals surface area contributed by atoms with E-state index in [1.54, 1.807) is 0 Å². The van der Waals surface area contributed by atoms with Gasteiger partial charge >= 0.3 is 6.09 Å². The lowest BCUT2D eigenvalue weighted by Gasteiger charge is -2.58. The van der Waals surface area contributed by atoms with Gasteiger partial charge in [0, 0.05) is 18.0 Å². The molecule has 0 spiro atoms. The first-order valence-electron chi connectivity index (χ1n) is 15.6. The van der Waals surface area contributed by atoms with Gasteiger partial charge in [0.1, 0.15) is 24.5 Å². The summed E-state index contributed by atoms with van der Waals surface area (Å²) in [4.78, 5) is 26.0. The molecular formula is C37H35N3O3. The number of piperidine rings is 1. The zero-order chi connectivity index (χ0) is 28.8. The maximum absolute atomic E-state index is 13.6. The molecule has 8 rings (SSSR count). The summed E-state index contributed by atoms with van der Waals surface area (Å²) in [5, 5.41) is 0. The molecular weight excluding hydrogens is 534 g/mol. The van der Waals surface area contributed by atoms with E-state index in [4.69, 9.17) is 19.4 Å². The van der Waals surface area contributed by atoms with Crippen molar-refractivity contribution in [1.82, 2.24) is 14.9 Å². The quantitative estimate of drug-likeness (QED) is 0.203. The van der Waals surface area contributed by atoms with E-state index >= 15 is 0 Å². The number of fused-ring (bicyclic) bond motifs is 4. The van der Waals surface area contributed by atoms with Crippen molar-refractivity contribution in [2.45, 2.75) is 63.2 Å². The van der Waals surface area contributed by atoms with E-state index in [-0.39, 0.29) is 24.2 Å². The second kappa shape index (κ2) is 10.7. The molecule has 6 nitrogen and oxygen atoms in total. The Morgan fingerprint density at radius 2 is 1.49 bits per heavy atom. The van der Waals surface area contributed by atoms with Crippen LogP contribution in [0.3, 0.4) is 0 Å². The van der Waals surface area contributed by atoms with Crippen molar-refractivity contribution in [1.29, 1.82) is 0 Å². The second-order valence-electron chi connectivity index (χ2n) is 12.3. The summed E-state index contributed by atoms with van der Waals surface area (Å²) in [5.41, 5.74) is 8.17. The van der Waals surface area contributed by atoms with Gasteiger partial charge < -0.3 is 14.4 Å². The van der Waals surface area contributed by atoms with E-state index in [9.17, 15) is 4.79 Å². The number of hydrogen-bond donors (Lipinski definition) is 0. The van der Waals surface area contributed by atoms with Crippen molar-refractivity contribution in [3.63, 3.8) is 0 Å². The number of amides is 1. The van der Waals surface area contributed by atoms with Crippen molar-refractivity contribution < 1.29 is 14.3 Å². The SMILES string of the molecule is O=C(OCc1ccccc1)N1CC[C@@]23CCCC[C@@H]2[C@@H]1Cc1c3cc(OCc2ccccc2)c2nc3ccccc3nc12. The number of nitrogens with zero attached hydrogens (tertiary/aromatic N) is 3. The Balaban J connectivity index is 1.22. The van der Waals surface area contributed by atoms with E-state index in [0.717, 1.165) is 64.6 Å². The van der Waals surface area contributed by atoms with Crippen LogP contribution >= 0.6 is 0 Å². The predicted molar refractivity (Wildman–Crippen MR) is 167 cm³/mol. The summed E-state index contributed by atoms with van der Waals surface area (Å²) in [6, 6.07) is 30.7. The molecule has 5 aromatic rings. The van der Waals surface area contributed by atoms with Crippen molar-refractivity contribution in [3.8, 4) is 5.75 Å². The van der Waals surface area contributed by atoms with Gasteiger partial charge in [0.15, 0.2) is 0 Å². The number of carbonyl (C=O) groups is 1. The molecule has 1 amide bonds. The second-order valence-corrected chi connectivity index (χ2v) is 12.3. The van der Waals surface area contributed by atoms with Crippen LogP contribution in [0.5, 0.6) is 5.75 Å². The zero-order valence-corrected chi connectivity index (χ0v) is 24.2. The van der Waals surface area contributed by atoms with Crippen LogP contribution in [0.2, 0.25) is 0 Å². The number of hydrogen-bond acceptors (Lipinski definition) is 5. The minimum absolute atomic E-state index is 0.000911. The summed E-state index contributed by atoms with van der Waals surface area (Å²) in [6.45, 7) is 1.47. The number of ether oxygens (including phenoxy) is 2. The normalized spacial score (nSPS) is 22.6. The number of carbonyl (C=O) groups excluding carboxylic acids is 1. The standard InChI is InChI=1S/C37H35N3O3/c41-36(43-24-26-13-5-2-6-14-26)40-20-19-37-18-10-9-15-28(37)32(40)21-27-29(37)22-33(42-23-25-11-3-1-4-12-25)35-34(27)38-30-16-7-8-17-31(30)39-35/h1-8,11-14,16-17,22,28,32H,9-10,15,18-21,23-24H2/t28-,32+,37+/m1/s1. The molecule has 3 atom stereocenters. The van der Waals surface area contributed by atoms with Gasteiger partial charge in [0.2, 0.25) is 0 Å². The highest BCUT2D eigenvalue weighted by atomic mass is 16.6. The van der Waals surface area contributed by atoms with Gasteiger partial charge in [-0.15, -0.1) is 0 Å². The first kappa shape index (κ1) is 26.2. The molecule has 1 saturated heterocycles. The van der Waals surface area contributed by atoms with Gasteiger partial charge in [-0.25, -0.2) is 14.8 Å². The van der Waals surface area contributed by atoms with Gasteiger partial charge in [-0.2, -0.15) is 0 Å². The summed E-state index contributed by atoms with van der Waals surface area (Å²) in [6.07, 6.45) is 6.10. The number of para-hydroxylation sites is 2. The summed E-state index contributed by atoms with van der Waals surface area (Å²) >= 11 is 0. The Morgan fingerprint density at radius 3 is 2.23 bits per heavy atom. The fourth-order valence-electron chi connectivity index (χ4n) is 8.09. The van der Waals surface area contributed by atoms with Crippen LogP contribution in [-0.2, 0) is 29.8 Å². The van der Waals surface area contributed by atoms with Crippen LogP contribution in [0.15, 0.2) is 91.0 Å². The third-order valence-corrected chi connectivity index (χ3v) is 10.1. The maximum Gasteiger partial charge on any atom is 0.410 e. The summed E-state index contributed by atoms with van der Waals surface area (Å²) in [7, 11) is 0. The number of aromatic nitrogens is 2. The predicted octanol–water partition coefficient (Wildman–Crippen LogP) is 7.76. The highest BCUT2D eigenvalue weighted by Gasteiger charge is 2.55. The number of benzene rings is 4. The van der Waals surface area contributed by atoms with Crippen LogP contribution in [0.1, 0.15) is 54.4 Å². The average Bonchev–Trinajstić information content (AvgIpc) is 3.06. The smallest absolute Gasteiger partial charge is 0.410 e. The lowest BCUT2D eigenvalue weighted by Crippen LogP contribution is -2.62. The first-order chi connectivity index (χ1) is 21.2. The molecule has 1 aliphatic heterocycles. The molecule has 216 valence electrons. The number of likely N-dealkylation sites (tertiary alicyclic amines) is 1. The van der Waals surface area contributed by atoms with E-state index in [1.807, 2.05) is 77.7 Å². The van der Waals surface area contributed by atoms with E-state index in [0.29, 0.717) is 19.1 Å². The van der Waals surface area contributed by atoms with Crippen LogP contribution in [0.25, 0.3) is 22.1 Å². The molecule has 6 heteroatoms. The van der Waals surface area contributed by atoms with E-state index in [1.165, 1.54) is 24.0 Å². The van der Waals surface area contributed by atoms with E-state index < -0.39 is 0 Å². The minimum Gasteiger partial charge on any atom is -0.487 e. The van der Waals surface area contributed by atoms with Crippen LogP contribution < -0.4 is 4.74 Å². The molecule has 1 saturated carbocycles. The summed E-state index contributed by atoms with van der Waals surface area (Å²) in [5.74, 6) is 1.19. The Labute approximate surface area is 251 Å². The third-order valence-electron chi connectivity index (χ3n) is 10.1. The molecule has 0 unspecified atom stereocenters. The maximum atomic E-state index is 13.6. The van der Waals surface area contributed by atoms with Gasteiger partial charge in [-0.3, -0.25) is 0 Å². The topological polar surface area (TPSA) is 64.5 Å². The van der Waals surface area contributed by atoms with Crippen LogP contribution in [0, 0.1) is 5.92 Å². The molecule has 2 heterocycles. The Bertz CT molecular complexity index is 1810. The Kier molecular flexibility index (Phi) is 6.50. The highest BCUT2D eigenvalue weighted by Crippen LogP contribution is 2.57. The highest BCUT2D eigenvalue weighted by molar-refractivity contribution is 5.93. The number of rotatable bonds is 5. The Hall–Kier alpha value is -4.45. The lowest BCUT2D eigenvalue weighted by atomic mass is 9.52.